The molecule has 3 nitrogen and oxygen atoms in total. The van der Waals surface area contributed by atoms with E-state index in [1.165, 1.54) is 13.0 Å². The van der Waals surface area contributed by atoms with Gasteiger partial charge in [-0.2, -0.15) is 5.26 Å². The number of carbonyl (C=O) groups excluding carboxylic acids is 1. The molecule has 0 atom stereocenters. The minimum atomic E-state index is -0.710. The number of nitrogens with two attached hydrogens (primary N) is 1. The van der Waals surface area contributed by atoms with Gasteiger partial charge in [0.2, 0.25) is 0 Å². The van der Waals surface area contributed by atoms with Crippen LogP contribution in [0.25, 0.3) is 0 Å². The molecule has 2 N–H and O–H groups in total. The summed E-state index contributed by atoms with van der Waals surface area (Å²) in [5.74, 6) is -1.12. The quantitative estimate of drug-likeness (QED) is 0.523. The van der Waals surface area contributed by atoms with Crippen LogP contribution in [0, 0.1) is 17.1 Å². The first-order chi connectivity index (χ1) is 6.06. The van der Waals surface area contributed by atoms with E-state index in [9.17, 15) is 9.18 Å². The van der Waals surface area contributed by atoms with E-state index < -0.39 is 11.6 Å². The lowest BCUT2D eigenvalue weighted by Gasteiger charge is -2.01. The van der Waals surface area contributed by atoms with Gasteiger partial charge >= 0.3 is 0 Å². The summed E-state index contributed by atoms with van der Waals surface area (Å²) < 4.78 is 13.0. The molecule has 0 spiro atoms. The zero-order valence-corrected chi connectivity index (χ0v) is 6.97. The molecule has 1 rings (SSSR count). The topological polar surface area (TPSA) is 66.9 Å². The summed E-state index contributed by atoms with van der Waals surface area (Å²) >= 11 is 0. The first-order valence-electron chi connectivity index (χ1n) is 3.56. The van der Waals surface area contributed by atoms with E-state index in [0.717, 1.165) is 6.07 Å². The highest BCUT2D eigenvalue weighted by Crippen LogP contribution is 2.17. The fourth-order valence-corrected chi connectivity index (χ4v) is 0.957. The Morgan fingerprint density at radius 3 is 2.69 bits per heavy atom. The maximum Gasteiger partial charge on any atom is 0.162 e. The summed E-state index contributed by atoms with van der Waals surface area (Å²) in [5, 5.41) is 8.49. The van der Waals surface area contributed by atoms with Crippen LogP contribution in [-0.4, -0.2) is 5.78 Å². The van der Waals surface area contributed by atoms with Crippen molar-refractivity contribution in [3.8, 4) is 6.07 Å². The van der Waals surface area contributed by atoms with Gasteiger partial charge in [-0.15, -0.1) is 0 Å². The number of anilines is 1. The van der Waals surface area contributed by atoms with Crippen molar-refractivity contribution in [3.63, 3.8) is 0 Å². The standard InChI is InChI=1S/C9H7FN2O/c1-5(13)7-3-9(12)6(4-11)2-8(7)10/h2-3H,12H2,1H3. The zero-order chi connectivity index (χ0) is 10.0. The largest absolute Gasteiger partial charge is 0.398 e. The average molecular weight is 178 g/mol. The fraction of sp³-hybridized carbons (Fsp3) is 0.111. The van der Waals surface area contributed by atoms with Crippen LogP contribution in [0.5, 0.6) is 0 Å². The minimum absolute atomic E-state index is 0.0440. The molecule has 0 aliphatic rings. The molecule has 0 unspecified atom stereocenters. The number of ketones is 1. The van der Waals surface area contributed by atoms with Gasteiger partial charge in [0, 0.05) is 0 Å². The molecule has 1 aromatic rings. The molecule has 0 radical (unpaired) electrons. The summed E-state index contributed by atoms with van der Waals surface area (Å²) in [6, 6.07) is 3.87. The van der Waals surface area contributed by atoms with Crippen molar-refractivity contribution in [1.82, 2.24) is 0 Å². The molecule has 0 aromatic heterocycles. The van der Waals surface area contributed by atoms with E-state index in [2.05, 4.69) is 0 Å². The van der Waals surface area contributed by atoms with Crippen molar-refractivity contribution in [2.45, 2.75) is 6.92 Å². The maximum absolute atomic E-state index is 13.0. The van der Waals surface area contributed by atoms with E-state index in [1.807, 2.05) is 0 Å². The first-order valence-corrected chi connectivity index (χ1v) is 3.56. The summed E-state index contributed by atoms with van der Waals surface area (Å²) in [6.07, 6.45) is 0. The van der Waals surface area contributed by atoms with Crippen LogP contribution >= 0.6 is 0 Å². The summed E-state index contributed by atoms with van der Waals surface area (Å²) in [4.78, 5) is 10.8. The average Bonchev–Trinajstić information content (AvgIpc) is 2.07. The summed E-state index contributed by atoms with van der Waals surface area (Å²) in [5.41, 5.74) is 5.47. The number of halogens is 1. The lowest BCUT2D eigenvalue weighted by atomic mass is 10.1. The fourth-order valence-electron chi connectivity index (χ4n) is 0.957. The van der Waals surface area contributed by atoms with Crippen molar-refractivity contribution < 1.29 is 9.18 Å². The third-order valence-corrected chi connectivity index (χ3v) is 1.64. The second-order valence-electron chi connectivity index (χ2n) is 2.59. The van der Waals surface area contributed by atoms with E-state index >= 15 is 0 Å². The van der Waals surface area contributed by atoms with Crippen molar-refractivity contribution in [2.24, 2.45) is 0 Å². The van der Waals surface area contributed by atoms with Gasteiger partial charge in [0.05, 0.1) is 16.8 Å². The Balaban J connectivity index is 3.39. The number of carbonyl (C=O) groups is 1. The maximum atomic E-state index is 13.0. The molecule has 0 amide bonds. The van der Waals surface area contributed by atoms with E-state index in [4.69, 9.17) is 11.0 Å². The highest BCUT2D eigenvalue weighted by atomic mass is 19.1. The Kier molecular flexibility index (Phi) is 2.29. The van der Waals surface area contributed by atoms with Crippen LogP contribution in [0.4, 0.5) is 10.1 Å². The lowest BCUT2D eigenvalue weighted by molar-refractivity contribution is 0.101. The van der Waals surface area contributed by atoms with Crippen LogP contribution in [0.3, 0.4) is 0 Å². The Bertz CT molecular complexity index is 407. The third kappa shape index (κ3) is 1.64. The number of nitrogens with zero attached hydrogens (tertiary/aromatic N) is 1. The number of nitrogen functional groups attached to an aromatic ring is 1. The summed E-state index contributed by atoms with van der Waals surface area (Å²) in [7, 11) is 0. The van der Waals surface area contributed by atoms with Crippen LogP contribution in [0.1, 0.15) is 22.8 Å². The van der Waals surface area contributed by atoms with Gasteiger partial charge in [-0.25, -0.2) is 4.39 Å². The van der Waals surface area contributed by atoms with Crippen LogP contribution < -0.4 is 5.73 Å². The van der Waals surface area contributed by atoms with Crippen molar-refractivity contribution in [3.05, 3.63) is 29.1 Å². The number of benzene rings is 1. The van der Waals surface area contributed by atoms with Crippen molar-refractivity contribution in [1.29, 1.82) is 5.26 Å². The molecule has 0 saturated heterocycles. The zero-order valence-electron chi connectivity index (χ0n) is 6.97. The van der Waals surface area contributed by atoms with Crippen LogP contribution in [0.15, 0.2) is 12.1 Å². The highest BCUT2D eigenvalue weighted by Gasteiger charge is 2.10. The van der Waals surface area contributed by atoms with Gasteiger partial charge in [0.15, 0.2) is 5.78 Å². The molecule has 0 saturated carbocycles. The summed E-state index contributed by atoms with van der Waals surface area (Å²) in [6.45, 7) is 1.24. The van der Waals surface area contributed by atoms with Crippen molar-refractivity contribution in [2.75, 3.05) is 5.73 Å². The second kappa shape index (κ2) is 3.23. The predicted molar refractivity (Wildman–Crippen MR) is 45.5 cm³/mol. The molecular formula is C9H7FN2O. The Morgan fingerprint density at radius 2 is 2.23 bits per heavy atom. The van der Waals surface area contributed by atoms with E-state index in [0.29, 0.717) is 0 Å². The number of nitriles is 1. The van der Waals surface area contributed by atoms with Crippen LogP contribution in [0.2, 0.25) is 0 Å². The molecule has 1 aromatic carbocycles. The van der Waals surface area contributed by atoms with Gasteiger partial charge in [0.25, 0.3) is 0 Å². The predicted octanol–water partition coefficient (Wildman–Crippen LogP) is 1.48. The Labute approximate surface area is 74.6 Å². The van der Waals surface area contributed by atoms with Crippen LogP contribution in [-0.2, 0) is 0 Å². The van der Waals surface area contributed by atoms with E-state index in [1.54, 1.807) is 6.07 Å². The van der Waals surface area contributed by atoms with E-state index in [-0.39, 0.29) is 16.8 Å². The second-order valence-corrected chi connectivity index (χ2v) is 2.59. The molecule has 13 heavy (non-hydrogen) atoms. The van der Waals surface area contributed by atoms with Crippen molar-refractivity contribution >= 4 is 11.5 Å². The third-order valence-electron chi connectivity index (χ3n) is 1.64. The molecular weight excluding hydrogens is 171 g/mol. The number of rotatable bonds is 1. The molecule has 0 fully saturated rings. The lowest BCUT2D eigenvalue weighted by Crippen LogP contribution is -2.01. The molecule has 0 aliphatic heterocycles. The smallest absolute Gasteiger partial charge is 0.162 e. The monoisotopic (exact) mass is 178 g/mol. The Morgan fingerprint density at radius 1 is 1.62 bits per heavy atom. The van der Waals surface area contributed by atoms with Gasteiger partial charge in [-0.1, -0.05) is 0 Å². The van der Waals surface area contributed by atoms with Gasteiger partial charge in [0.1, 0.15) is 11.9 Å². The molecule has 0 aliphatic carbocycles. The molecule has 0 heterocycles. The minimum Gasteiger partial charge on any atom is -0.398 e. The Hall–Kier alpha value is -1.89. The molecule has 4 heteroatoms. The number of hydrogen-bond acceptors (Lipinski definition) is 3. The SMILES string of the molecule is CC(=O)c1cc(N)c(C#N)cc1F. The molecule has 0 bridgehead atoms. The normalized spacial score (nSPS) is 9.31. The number of Topliss-reactive ketones (excluding diaryl/α,β-unsaturated/α-hetero) is 1. The van der Waals surface area contributed by atoms with Gasteiger partial charge in [-0.05, 0) is 19.1 Å². The first kappa shape index (κ1) is 9.20. The van der Waals surface area contributed by atoms with Gasteiger partial charge < -0.3 is 5.73 Å². The van der Waals surface area contributed by atoms with Gasteiger partial charge in [-0.3, -0.25) is 4.79 Å². The molecule has 66 valence electrons. The number of hydrogen-bond donors (Lipinski definition) is 1. The highest BCUT2D eigenvalue weighted by molar-refractivity contribution is 5.95.